The fraction of sp³-hybridized carbons (Fsp3) is 0.118. The van der Waals surface area contributed by atoms with Gasteiger partial charge in [-0.1, -0.05) is 52.3 Å². The molecular weight excluding hydrogens is 314 g/mol. The first-order valence-corrected chi connectivity index (χ1v) is 7.23. The van der Waals surface area contributed by atoms with E-state index in [9.17, 15) is 5.11 Å². The fourth-order valence-electron chi connectivity index (χ4n) is 2.38. The summed E-state index contributed by atoms with van der Waals surface area (Å²) in [5.41, 5.74) is 2.82. The number of pyridine rings is 1. The van der Waals surface area contributed by atoms with Crippen LogP contribution in [0.15, 0.2) is 59.3 Å². The first-order chi connectivity index (χ1) is 9.66. The summed E-state index contributed by atoms with van der Waals surface area (Å²) in [6.07, 6.45) is 2.89. The monoisotopic (exact) mass is 327 g/mol. The molecule has 0 bridgehead atoms. The average molecular weight is 328 g/mol. The molecule has 1 atom stereocenters. The molecule has 0 aliphatic heterocycles. The van der Waals surface area contributed by atoms with Crippen LogP contribution in [0, 0.1) is 6.92 Å². The van der Waals surface area contributed by atoms with Gasteiger partial charge in [0, 0.05) is 27.8 Å². The molecule has 1 N–H and O–H groups in total. The Morgan fingerprint density at radius 2 is 1.90 bits per heavy atom. The molecule has 0 saturated heterocycles. The number of aliphatic hydroxyl groups is 1. The number of nitrogens with zero attached hydrogens (tertiary/aromatic N) is 1. The highest BCUT2D eigenvalue weighted by molar-refractivity contribution is 9.10. The van der Waals surface area contributed by atoms with E-state index in [4.69, 9.17) is 0 Å². The standard InChI is InChI=1S/C17H14BrNO/c1-11-8-12(6-7-16(11)18)17(20)15-10-19-9-13-4-2-3-5-14(13)15/h2-10,17,20H,1H3. The van der Waals surface area contributed by atoms with Crippen LogP contribution in [-0.4, -0.2) is 10.1 Å². The minimum Gasteiger partial charge on any atom is -0.384 e. The summed E-state index contributed by atoms with van der Waals surface area (Å²) in [5, 5.41) is 12.7. The number of hydrogen-bond acceptors (Lipinski definition) is 2. The lowest BCUT2D eigenvalue weighted by Gasteiger charge is -2.14. The van der Waals surface area contributed by atoms with Crippen molar-refractivity contribution < 1.29 is 5.11 Å². The summed E-state index contributed by atoms with van der Waals surface area (Å²) < 4.78 is 1.05. The SMILES string of the molecule is Cc1cc(C(O)c2cncc3ccccc23)ccc1Br. The van der Waals surface area contributed by atoms with E-state index in [1.807, 2.05) is 55.6 Å². The molecule has 100 valence electrons. The number of benzene rings is 2. The van der Waals surface area contributed by atoms with E-state index >= 15 is 0 Å². The summed E-state index contributed by atoms with van der Waals surface area (Å²) in [5.74, 6) is 0. The summed E-state index contributed by atoms with van der Waals surface area (Å²) >= 11 is 3.48. The summed E-state index contributed by atoms with van der Waals surface area (Å²) in [6.45, 7) is 2.02. The van der Waals surface area contributed by atoms with Crippen LogP contribution in [0.2, 0.25) is 0 Å². The smallest absolute Gasteiger partial charge is 0.106 e. The summed E-state index contributed by atoms with van der Waals surface area (Å²) in [6, 6.07) is 13.9. The van der Waals surface area contributed by atoms with Gasteiger partial charge in [0.25, 0.3) is 0 Å². The fourth-order valence-corrected chi connectivity index (χ4v) is 2.62. The average Bonchev–Trinajstić information content (AvgIpc) is 2.49. The quantitative estimate of drug-likeness (QED) is 0.757. The van der Waals surface area contributed by atoms with Crippen LogP contribution < -0.4 is 0 Å². The third-order valence-corrected chi connectivity index (χ3v) is 4.38. The molecule has 0 amide bonds. The topological polar surface area (TPSA) is 33.1 Å². The number of rotatable bonds is 2. The van der Waals surface area contributed by atoms with Gasteiger partial charge in [-0.15, -0.1) is 0 Å². The largest absolute Gasteiger partial charge is 0.384 e. The Bertz CT molecular complexity index is 765. The van der Waals surface area contributed by atoms with Crippen LogP contribution in [0.4, 0.5) is 0 Å². The van der Waals surface area contributed by atoms with Crippen molar-refractivity contribution in [3.05, 3.63) is 76.0 Å². The predicted octanol–water partition coefficient (Wildman–Crippen LogP) is 4.39. The lowest BCUT2D eigenvalue weighted by molar-refractivity contribution is 0.221. The summed E-state index contributed by atoms with van der Waals surface area (Å²) in [4.78, 5) is 4.23. The molecule has 3 aromatic rings. The Balaban J connectivity index is 2.12. The highest BCUT2D eigenvalue weighted by atomic mass is 79.9. The normalized spacial score (nSPS) is 12.6. The molecule has 0 fully saturated rings. The second kappa shape index (κ2) is 5.35. The molecule has 1 unspecified atom stereocenters. The van der Waals surface area contributed by atoms with Gasteiger partial charge in [-0.25, -0.2) is 0 Å². The Morgan fingerprint density at radius 3 is 2.70 bits per heavy atom. The van der Waals surface area contributed by atoms with Crippen LogP contribution in [-0.2, 0) is 0 Å². The predicted molar refractivity (Wildman–Crippen MR) is 84.7 cm³/mol. The van der Waals surface area contributed by atoms with Crippen molar-refractivity contribution in [2.75, 3.05) is 0 Å². The number of fused-ring (bicyclic) bond motifs is 1. The number of hydrogen-bond donors (Lipinski definition) is 1. The van der Waals surface area contributed by atoms with Crippen LogP contribution in [0.3, 0.4) is 0 Å². The van der Waals surface area contributed by atoms with Gasteiger partial charge >= 0.3 is 0 Å². The van der Waals surface area contributed by atoms with E-state index in [0.29, 0.717) is 0 Å². The molecule has 2 nitrogen and oxygen atoms in total. The van der Waals surface area contributed by atoms with Crippen molar-refractivity contribution in [2.24, 2.45) is 0 Å². The van der Waals surface area contributed by atoms with Crippen LogP contribution in [0.5, 0.6) is 0 Å². The van der Waals surface area contributed by atoms with E-state index in [0.717, 1.165) is 31.9 Å². The van der Waals surface area contributed by atoms with Gasteiger partial charge in [0.15, 0.2) is 0 Å². The Labute approximate surface area is 126 Å². The van der Waals surface area contributed by atoms with Crippen molar-refractivity contribution in [1.29, 1.82) is 0 Å². The molecule has 0 saturated carbocycles. The maximum Gasteiger partial charge on any atom is 0.106 e. The minimum absolute atomic E-state index is 0.666. The molecule has 2 aromatic carbocycles. The highest BCUT2D eigenvalue weighted by Crippen LogP contribution is 2.29. The lowest BCUT2D eigenvalue weighted by atomic mass is 9.97. The zero-order valence-electron chi connectivity index (χ0n) is 11.0. The number of aromatic nitrogens is 1. The molecule has 3 rings (SSSR count). The van der Waals surface area contributed by atoms with E-state index in [-0.39, 0.29) is 0 Å². The highest BCUT2D eigenvalue weighted by Gasteiger charge is 2.14. The van der Waals surface area contributed by atoms with Gasteiger partial charge in [-0.3, -0.25) is 4.98 Å². The van der Waals surface area contributed by atoms with E-state index in [1.165, 1.54) is 0 Å². The van der Waals surface area contributed by atoms with Crippen LogP contribution in [0.25, 0.3) is 10.8 Å². The van der Waals surface area contributed by atoms with Crippen LogP contribution in [0.1, 0.15) is 22.8 Å². The van der Waals surface area contributed by atoms with Gasteiger partial charge in [0.1, 0.15) is 6.10 Å². The van der Waals surface area contributed by atoms with E-state index in [2.05, 4.69) is 20.9 Å². The molecule has 0 aliphatic rings. The van der Waals surface area contributed by atoms with Gasteiger partial charge in [-0.05, 0) is 29.5 Å². The van der Waals surface area contributed by atoms with Gasteiger partial charge in [-0.2, -0.15) is 0 Å². The molecule has 1 aromatic heterocycles. The number of halogens is 1. The third-order valence-electron chi connectivity index (χ3n) is 3.49. The zero-order valence-corrected chi connectivity index (χ0v) is 12.6. The molecule has 3 heteroatoms. The Hall–Kier alpha value is -1.71. The minimum atomic E-state index is -0.666. The molecule has 1 heterocycles. The molecule has 20 heavy (non-hydrogen) atoms. The molecule has 0 aliphatic carbocycles. The van der Waals surface area contributed by atoms with Gasteiger partial charge in [0.05, 0.1) is 0 Å². The third kappa shape index (κ3) is 2.35. The maximum atomic E-state index is 10.6. The van der Waals surface area contributed by atoms with Crippen molar-refractivity contribution in [3.8, 4) is 0 Å². The Morgan fingerprint density at radius 1 is 1.10 bits per heavy atom. The van der Waals surface area contributed by atoms with Crippen molar-refractivity contribution in [2.45, 2.75) is 13.0 Å². The second-order valence-corrected chi connectivity index (χ2v) is 5.72. The van der Waals surface area contributed by atoms with Crippen molar-refractivity contribution >= 4 is 26.7 Å². The van der Waals surface area contributed by atoms with E-state index in [1.54, 1.807) is 6.20 Å². The maximum absolute atomic E-state index is 10.6. The number of aryl methyl sites for hydroxylation is 1. The lowest BCUT2D eigenvalue weighted by Crippen LogP contribution is -2.01. The van der Waals surface area contributed by atoms with Crippen molar-refractivity contribution in [3.63, 3.8) is 0 Å². The van der Waals surface area contributed by atoms with Gasteiger partial charge < -0.3 is 5.11 Å². The van der Waals surface area contributed by atoms with Crippen molar-refractivity contribution in [1.82, 2.24) is 4.98 Å². The molecule has 0 radical (unpaired) electrons. The Kier molecular flexibility index (Phi) is 3.55. The molecular formula is C17H14BrNO. The molecule has 0 spiro atoms. The first-order valence-electron chi connectivity index (χ1n) is 6.43. The number of aliphatic hydroxyl groups excluding tert-OH is 1. The second-order valence-electron chi connectivity index (χ2n) is 4.86. The first kappa shape index (κ1) is 13.3. The van der Waals surface area contributed by atoms with Crippen LogP contribution >= 0.6 is 15.9 Å². The summed E-state index contributed by atoms with van der Waals surface area (Å²) in [7, 11) is 0. The zero-order chi connectivity index (χ0) is 14.1. The van der Waals surface area contributed by atoms with Gasteiger partial charge in [0.2, 0.25) is 0 Å². The van der Waals surface area contributed by atoms with E-state index < -0.39 is 6.10 Å².